The van der Waals surface area contributed by atoms with Crippen LogP contribution in [-0.2, 0) is 11.2 Å². The lowest BCUT2D eigenvalue weighted by atomic mass is 9.88. The van der Waals surface area contributed by atoms with E-state index in [9.17, 15) is 15.0 Å². The van der Waals surface area contributed by atoms with Gasteiger partial charge in [-0.05, 0) is 63.4 Å². The number of nitrogens with one attached hydrogen (secondary N) is 1. The Morgan fingerprint density at radius 3 is 2.93 bits per heavy atom. The lowest BCUT2D eigenvalue weighted by Crippen LogP contribution is -2.22. The highest BCUT2D eigenvalue weighted by Crippen LogP contribution is 2.48. The summed E-state index contributed by atoms with van der Waals surface area (Å²) in [5.74, 6) is 1.15. The second kappa shape index (κ2) is 10.9. The molecule has 0 unspecified atom stereocenters. The molecule has 0 bridgehead atoms. The number of carbonyl (C=O) groups is 1. The molecule has 3 N–H and O–H groups in total. The van der Waals surface area contributed by atoms with Crippen LogP contribution in [0.4, 0.5) is 0 Å². The normalized spacial score (nSPS) is 26.6. The molecule has 0 aromatic heterocycles. The number of aliphatic hydroxyl groups excluding tert-OH is 2. The van der Waals surface area contributed by atoms with E-state index >= 15 is 0 Å². The van der Waals surface area contributed by atoms with E-state index in [2.05, 4.69) is 36.5 Å². The SMILES string of the molecule is CCNC(=O)CCCCC1=C[C@H]2C[C@@H](O)[C@H](C=C[C@H](O)Cc3cccc(C)c3)[C@H]2C1. The second-order valence-corrected chi connectivity index (χ2v) is 9.04. The summed E-state index contributed by atoms with van der Waals surface area (Å²) in [7, 11) is 0. The molecular weight excluding hydrogens is 374 g/mol. The number of carbonyl (C=O) groups excluding carboxylic acids is 1. The van der Waals surface area contributed by atoms with E-state index in [1.54, 1.807) is 0 Å². The highest BCUT2D eigenvalue weighted by Gasteiger charge is 2.43. The molecule has 2 aliphatic carbocycles. The maximum Gasteiger partial charge on any atom is 0.219 e. The minimum Gasteiger partial charge on any atom is -0.392 e. The molecule has 1 aromatic carbocycles. The van der Waals surface area contributed by atoms with Crippen LogP contribution in [0.2, 0.25) is 0 Å². The average Bonchev–Trinajstić information content (AvgIpc) is 3.20. The first-order valence-electron chi connectivity index (χ1n) is 11.5. The number of amides is 1. The Balaban J connectivity index is 1.46. The first-order chi connectivity index (χ1) is 14.5. The second-order valence-electron chi connectivity index (χ2n) is 9.04. The third-order valence-corrected chi connectivity index (χ3v) is 6.56. The Labute approximate surface area is 181 Å². The lowest BCUT2D eigenvalue weighted by molar-refractivity contribution is -0.121. The summed E-state index contributed by atoms with van der Waals surface area (Å²) < 4.78 is 0. The molecule has 0 radical (unpaired) electrons. The van der Waals surface area contributed by atoms with E-state index in [0.717, 1.165) is 37.7 Å². The van der Waals surface area contributed by atoms with E-state index < -0.39 is 6.10 Å². The number of hydrogen-bond donors (Lipinski definition) is 3. The van der Waals surface area contributed by atoms with Gasteiger partial charge in [0.05, 0.1) is 12.2 Å². The van der Waals surface area contributed by atoms with Crippen LogP contribution in [0.15, 0.2) is 48.1 Å². The lowest BCUT2D eigenvalue weighted by Gasteiger charge is -2.19. The van der Waals surface area contributed by atoms with E-state index in [-0.39, 0.29) is 17.9 Å². The molecular formula is C26H37NO3. The monoisotopic (exact) mass is 411 g/mol. The summed E-state index contributed by atoms with van der Waals surface area (Å²) in [5, 5.41) is 23.8. The zero-order chi connectivity index (χ0) is 21.5. The van der Waals surface area contributed by atoms with Gasteiger partial charge in [0.15, 0.2) is 0 Å². The smallest absolute Gasteiger partial charge is 0.219 e. The molecule has 0 saturated heterocycles. The standard InChI is InChI=1S/C26H37NO3/c1-3-27-26(30)10-5-4-8-20-14-21-17-25(29)23(24(21)16-20)12-11-22(28)15-19-9-6-7-18(2)13-19/h6-7,9,11-14,21-25,28-29H,3-5,8,10,15-17H2,1-2H3,(H,27,30)/t21-,22-,23+,24-,25+/m0/s1. The van der Waals surface area contributed by atoms with Crippen molar-refractivity contribution in [3.05, 3.63) is 59.2 Å². The molecule has 2 aliphatic rings. The first kappa shape index (κ1) is 22.8. The van der Waals surface area contributed by atoms with E-state index in [1.807, 2.05) is 25.1 Å². The third kappa shape index (κ3) is 6.29. The van der Waals surface area contributed by atoms with Crippen molar-refractivity contribution < 1.29 is 15.0 Å². The quantitative estimate of drug-likeness (QED) is 0.401. The number of hydrogen-bond acceptors (Lipinski definition) is 3. The number of unbranched alkanes of at least 4 members (excludes halogenated alkanes) is 1. The van der Waals surface area contributed by atoms with Gasteiger partial charge in [0.2, 0.25) is 5.91 Å². The van der Waals surface area contributed by atoms with Crippen molar-refractivity contribution in [2.24, 2.45) is 17.8 Å². The molecule has 1 amide bonds. The fourth-order valence-electron chi connectivity index (χ4n) is 5.12. The first-order valence-corrected chi connectivity index (χ1v) is 11.5. The fourth-order valence-corrected chi connectivity index (χ4v) is 5.12. The predicted molar refractivity (Wildman–Crippen MR) is 121 cm³/mol. The van der Waals surface area contributed by atoms with Crippen LogP contribution in [0, 0.1) is 24.7 Å². The molecule has 164 valence electrons. The van der Waals surface area contributed by atoms with Crippen molar-refractivity contribution in [1.29, 1.82) is 0 Å². The van der Waals surface area contributed by atoms with Gasteiger partial charge in [0.1, 0.15) is 0 Å². The fraction of sp³-hybridized carbons (Fsp3) is 0.577. The highest BCUT2D eigenvalue weighted by molar-refractivity contribution is 5.75. The summed E-state index contributed by atoms with van der Waals surface area (Å²) in [6.07, 6.45) is 11.5. The number of allylic oxidation sites excluding steroid dienone is 2. The van der Waals surface area contributed by atoms with Crippen LogP contribution in [0.5, 0.6) is 0 Å². The predicted octanol–water partition coefficient (Wildman–Crippen LogP) is 4.09. The molecule has 4 heteroatoms. The molecule has 3 rings (SSSR count). The maximum absolute atomic E-state index is 11.6. The summed E-state index contributed by atoms with van der Waals surface area (Å²) >= 11 is 0. The van der Waals surface area contributed by atoms with E-state index in [4.69, 9.17) is 0 Å². The van der Waals surface area contributed by atoms with E-state index in [0.29, 0.717) is 31.2 Å². The van der Waals surface area contributed by atoms with Crippen molar-refractivity contribution >= 4 is 5.91 Å². The third-order valence-electron chi connectivity index (χ3n) is 6.56. The number of rotatable bonds is 10. The largest absolute Gasteiger partial charge is 0.392 e. The molecule has 4 nitrogen and oxygen atoms in total. The molecule has 1 fully saturated rings. The minimum atomic E-state index is -0.527. The van der Waals surface area contributed by atoms with Crippen molar-refractivity contribution in [3.8, 4) is 0 Å². The highest BCUT2D eigenvalue weighted by atomic mass is 16.3. The topological polar surface area (TPSA) is 69.6 Å². The van der Waals surface area contributed by atoms with Crippen molar-refractivity contribution in [1.82, 2.24) is 5.32 Å². The van der Waals surface area contributed by atoms with Gasteiger partial charge in [-0.25, -0.2) is 0 Å². The van der Waals surface area contributed by atoms with Gasteiger partial charge < -0.3 is 15.5 Å². The number of benzene rings is 1. The van der Waals surface area contributed by atoms with Gasteiger partial charge in [-0.1, -0.05) is 53.6 Å². The van der Waals surface area contributed by atoms with Crippen molar-refractivity contribution in [2.45, 2.75) is 71.0 Å². The van der Waals surface area contributed by atoms with Crippen molar-refractivity contribution in [2.75, 3.05) is 6.54 Å². The molecule has 1 saturated carbocycles. The Morgan fingerprint density at radius 1 is 1.33 bits per heavy atom. The molecule has 0 heterocycles. The van der Waals surface area contributed by atoms with Gasteiger partial charge in [0.25, 0.3) is 0 Å². The van der Waals surface area contributed by atoms with Crippen LogP contribution in [0.3, 0.4) is 0 Å². The van der Waals surface area contributed by atoms with Gasteiger partial charge >= 0.3 is 0 Å². The molecule has 0 spiro atoms. The number of aryl methyl sites for hydroxylation is 1. The maximum atomic E-state index is 11.6. The van der Waals surface area contributed by atoms with Crippen LogP contribution >= 0.6 is 0 Å². The Kier molecular flexibility index (Phi) is 8.29. The average molecular weight is 412 g/mol. The van der Waals surface area contributed by atoms with Crippen LogP contribution in [0.25, 0.3) is 0 Å². The minimum absolute atomic E-state index is 0.117. The van der Waals surface area contributed by atoms with Gasteiger partial charge in [0, 0.05) is 25.3 Å². The van der Waals surface area contributed by atoms with Crippen LogP contribution in [0.1, 0.15) is 56.6 Å². The Hall–Kier alpha value is -1.91. The molecule has 1 aromatic rings. The van der Waals surface area contributed by atoms with Crippen LogP contribution < -0.4 is 5.32 Å². The van der Waals surface area contributed by atoms with Gasteiger partial charge in [-0.3, -0.25) is 4.79 Å². The Morgan fingerprint density at radius 2 is 2.17 bits per heavy atom. The summed E-state index contributed by atoms with van der Waals surface area (Å²) in [5.41, 5.74) is 3.81. The summed E-state index contributed by atoms with van der Waals surface area (Å²) in [6.45, 7) is 4.70. The Bertz CT molecular complexity index is 769. The van der Waals surface area contributed by atoms with E-state index in [1.165, 1.54) is 11.1 Å². The summed E-state index contributed by atoms with van der Waals surface area (Å²) in [6, 6.07) is 8.24. The van der Waals surface area contributed by atoms with Crippen LogP contribution in [-0.4, -0.2) is 34.9 Å². The zero-order valence-corrected chi connectivity index (χ0v) is 18.4. The molecule has 30 heavy (non-hydrogen) atoms. The summed E-state index contributed by atoms with van der Waals surface area (Å²) in [4.78, 5) is 11.6. The van der Waals surface area contributed by atoms with Gasteiger partial charge in [-0.15, -0.1) is 0 Å². The number of fused-ring (bicyclic) bond motifs is 1. The van der Waals surface area contributed by atoms with Crippen molar-refractivity contribution in [3.63, 3.8) is 0 Å². The molecule has 0 aliphatic heterocycles. The molecule has 5 atom stereocenters. The zero-order valence-electron chi connectivity index (χ0n) is 18.4. The number of aliphatic hydroxyl groups is 2. The van der Waals surface area contributed by atoms with Gasteiger partial charge in [-0.2, -0.15) is 0 Å².